The Morgan fingerprint density at radius 2 is 2.10 bits per heavy atom. The minimum absolute atomic E-state index is 0.0292. The fraction of sp³-hybridized carbons (Fsp3) is 0.524. The topological polar surface area (TPSA) is 119 Å². The van der Waals surface area contributed by atoms with E-state index in [1.807, 2.05) is 11.9 Å². The first-order chi connectivity index (χ1) is 14.8. The van der Waals surface area contributed by atoms with E-state index in [2.05, 4.69) is 17.0 Å². The van der Waals surface area contributed by atoms with Crippen LogP contribution in [0.15, 0.2) is 11.0 Å². The quantitative estimate of drug-likeness (QED) is 0.469. The van der Waals surface area contributed by atoms with E-state index in [1.54, 1.807) is 4.57 Å². The predicted molar refractivity (Wildman–Crippen MR) is 115 cm³/mol. The van der Waals surface area contributed by atoms with Gasteiger partial charge in [-0.3, -0.25) is 4.79 Å². The number of carbonyl (C=O) groups is 1. The number of rotatable bonds is 6. The van der Waals surface area contributed by atoms with Gasteiger partial charge in [-0.1, -0.05) is 0 Å². The number of pyridine rings is 1. The van der Waals surface area contributed by atoms with E-state index < -0.39 is 23.2 Å². The van der Waals surface area contributed by atoms with Crippen molar-refractivity contribution in [3.63, 3.8) is 0 Å². The normalized spacial score (nSPS) is 19.6. The number of fused-ring (bicyclic) bond motifs is 1. The number of nitrogens with one attached hydrogen (secondary N) is 1. The predicted octanol–water partition coefficient (Wildman–Crippen LogP) is 2.56. The number of anilines is 2. The zero-order valence-electron chi connectivity index (χ0n) is 17.8. The molecule has 1 saturated carbocycles. The van der Waals surface area contributed by atoms with Crippen LogP contribution in [0.25, 0.3) is 10.9 Å². The number of benzene rings is 1. The number of hydrogen-bond acceptors (Lipinski definition) is 7. The maximum absolute atomic E-state index is 15.6. The zero-order chi connectivity index (χ0) is 22.4. The highest BCUT2D eigenvalue weighted by atomic mass is 19.1. The molecule has 9 nitrogen and oxygen atoms in total. The van der Waals surface area contributed by atoms with Crippen molar-refractivity contribution in [2.75, 3.05) is 37.9 Å². The van der Waals surface area contributed by atoms with Gasteiger partial charge in [-0.15, -0.1) is 0 Å². The number of aromatic nitrogens is 1. The van der Waals surface area contributed by atoms with Gasteiger partial charge in [0.15, 0.2) is 17.3 Å². The molecule has 2 aliphatic rings. The summed E-state index contributed by atoms with van der Waals surface area (Å²) < 4.78 is 27.7. The highest BCUT2D eigenvalue weighted by molar-refractivity contribution is 6.01. The van der Waals surface area contributed by atoms with Crippen molar-refractivity contribution in [3.05, 3.63) is 22.2 Å². The molecule has 168 valence electrons. The molecule has 1 saturated heterocycles. The van der Waals surface area contributed by atoms with Crippen LogP contribution in [0.2, 0.25) is 0 Å². The van der Waals surface area contributed by atoms with E-state index in [1.165, 1.54) is 13.3 Å². The standard InChI is InChI=1S/C21H27FN4O5/c1-10(24-2)11-6-7-25(8-11)18-15(22)16(23)14-17(20(18)30-3)26(12-4-5-12)9-13(19(14)27)31-21(28)29/h9-12,24H,4-8,23H2,1-3H3,(H,28,29)/t10-,11+/m0/s1. The van der Waals surface area contributed by atoms with Crippen LogP contribution in [-0.4, -0.2) is 49.1 Å². The van der Waals surface area contributed by atoms with Crippen LogP contribution < -0.4 is 30.9 Å². The van der Waals surface area contributed by atoms with Crippen molar-refractivity contribution in [1.82, 2.24) is 9.88 Å². The third-order valence-electron chi connectivity index (χ3n) is 6.39. The minimum atomic E-state index is -1.62. The van der Waals surface area contributed by atoms with Gasteiger partial charge in [-0.05, 0) is 39.2 Å². The van der Waals surface area contributed by atoms with E-state index in [0.29, 0.717) is 24.5 Å². The summed E-state index contributed by atoms with van der Waals surface area (Å²) in [4.78, 5) is 26.0. The average Bonchev–Trinajstić information content (AvgIpc) is 3.47. The minimum Gasteiger partial charge on any atom is -0.492 e. The van der Waals surface area contributed by atoms with Crippen molar-refractivity contribution in [1.29, 1.82) is 0 Å². The average molecular weight is 434 g/mol. The lowest BCUT2D eigenvalue weighted by Crippen LogP contribution is -2.33. The maximum atomic E-state index is 15.6. The molecule has 10 heteroatoms. The number of carboxylic acid groups (broad SMARTS) is 1. The molecule has 1 aliphatic heterocycles. The third kappa shape index (κ3) is 3.54. The molecule has 0 bridgehead atoms. The van der Waals surface area contributed by atoms with Crippen LogP contribution in [0.4, 0.5) is 20.6 Å². The Morgan fingerprint density at radius 3 is 2.68 bits per heavy atom. The Balaban J connectivity index is 1.96. The van der Waals surface area contributed by atoms with Gasteiger partial charge < -0.3 is 35.1 Å². The fourth-order valence-corrected chi connectivity index (χ4v) is 4.46. The van der Waals surface area contributed by atoms with Crippen LogP contribution in [0.3, 0.4) is 0 Å². The van der Waals surface area contributed by atoms with Crippen LogP contribution in [0, 0.1) is 11.7 Å². The summed E-state index contributed by atoms with van der Waals surface area (Å²) >= 11 is 0. The van der Waals surface area contributed by atoms with E-state index in [-0.39, 0.29) is 34.6 Å². The summed E-state index contributed by atoms with van der Waals surface area (Å²) in [7, 11) is 3.33. The second-order valence-corrected chi connectivity index (χ2v) is 8.23. The Bertz CT molecular complexity index is 1100. The van der Waals surface area contributed by atoms with Crippen LogP contribution in [-0.2, 0) is 0 Å². The van der Waals surface area contributed by atoms with Gasteiger partial charge in [0.1, 0.15) is 5.69 Å². The summed E-state index contributed by atoms with van der Waals surface area (Å²) in [5.41, 5.74) is 5.63. The zero-order valence-corrected chi connectivity index (χ0v) is 17.8. The molecule has 2 atom stereocenters. The van der Waals surface area contributed by atoms with Crippen LogP contribution in [0.1, 0.15) is 32.2 Å². The first-order valence-electron chi connectivity index (χ1n) is 10.3. The third-order valence-corrected chi connectivity index (χ3v) is 6.39. The molecule has 1 aromatic carbocycles. The van der Waals surface area contributed by atoms with Gasteiger partial charge in [0.05, 0.1) is 29.9 Å². The SMILES string of the molecule is CN[C@@H](C)[C@@H]1CCN(c2c(F)c(N)c3c(=O)c(OC(=O)O)cn(C4CC4)c3c2OC)C1. The van der Waals surface area contributed by atoms with Crippen LogP contribution in [0.5, 0.6) is 11.5 Å². The maximum Gasteiger partial charge on any atom is 0.511 e. The summed E-state index contributed by atoms with van der Waals surface area (Å²) in [6.07, 6.45) is 2.29. The Hall–Kier alpha value is -3.01. The molecule has 0 amide bonds. The molecule has 4 N–H and O–H groups in total. The lowest BCUT2D eigenvalue weighted by atomic mass is 10.0. The molecule has 0 radical (unpaired) electrons. The van der Waals surface area contributed by atoms with Crippen molar-refractivity contribution in [3.8, 4) is 11.5 Å². The Morgan fingerprint density at radius 1 is 1.39 bits per heavy atom. The van der Waals surface area contributed by atoms with Crippen LogP contribution >= 0.6 is 0 Å². The molecule has 31 heavy (non-hydrogen) atoms. The van der Waals surface area contributed by atoms with Gasteiger partial charge in [-0.25, -0.2) is 9.18 Å². The lowest BCUT2D eigenvalue weighted by molar-refractivity contribution is 0.143. The Labute approximate surface area is 178 Å². The highest BCUT2D eigenvalue weighted by Gasteiger charge is 2.35. The molecular formula is C21H27FN4O5. The number of ether oxygens (including phenoxy) is 2. The fourth-order valence-electron chi connectivity index (χ4n) is 4.46. The number of nitrogen functional groups attached to an aromatic ring is 1. The van der Waals surface area contributed by atoms with Gasteiger partial charge in [0.2, 0.25) is 5.43 Å². The first kappa shape index (κ1) is 21.2. The summed E-state index contributed by atoms with van der Waals surface area (Å²) in [6.45, 7) is 3.34. The smallest absolute Gasteiger partial charge is 0.492 e. The largest absolute Gasteiger partial charge is 0.511 e. The molecular weight excluding hydrogens is 407 g/mol. The van der Waals surface area contributed by atoms with Gasteiger partial charge in [0, 0.05) is 25.2 Å². The summed E-state index contributed by atoms with van der Waals surface area (Å²) in [5, 5.41) is 12.1. The van der Waals surface area contributed by atoms with E-state index in [9.17, 15) is 9.59 Å². The molecule has 1 aliphatic carbocycles. The number of nitrogens with two attached hydrogens (primary N) is 1. The van der Waals surface area contributed by atoms with Crippen molar-refractivity contribution in [2.24, 2.45) is 5.92 Å². The lowest BCUT2D eigenvalue weighted by Gasteiger charge is -2.26. The van der Waals surface area contributed by atoms with Crippen molar-refractivity contribution in [2.45, 2.75) is 38.3 Å². The molecule has 2 fully saturated rings. The monoisotopic (exact) mass is 434 g/mol. The molecule has 2 aromatic rings. The van der Waals surface area contributed by atoms with Gasteiger partial charge in [0.25, 0.3) is 0 Å². The van der Waals surface area contributed by atoms with E-state index >= 15 is 4.39 Å². The molecule has 4 rings (SSSR count). The first-order valence-corrected chi connectivity index (χ1v) is 10.3. The molecule has 2 heterocycles. The van der Waals surface area contributed by atoms with Gasteiger partial charge >= 0.3 is 6.16 Å². The van der Waals surface area contributed by atoms with Gasteiger partial charge in [-0.2, -0.15) is 0 Å². The number of hydrogen-bond donors (Lipinski definition) is 3. The van der Waals surface area contributed by atoms with E-state index in [0.717, 1.165) is 19.3 Å². The van der Waals surface area contributed by atoms with Crippen molar-refractivity contribution < 1.29 is 23.8 Å². The van der Waals surface area contributed by atoms with E-state index in [4.69, 9.17) is 15.6 Å². The highest BCUT2D eigenvalue weighted by Crippen LogP contribution is 2.47. The second kappa shape index (κ2) is 7.92. The summed E-state index contributed by atoms with van der Waals surface area (Å²) in [6, 6.07) is 0.290. The summed E-state index contributed by atoms with van der Waals surface area (Å²) in [5.74, 6) is -0.598. The number of nitrogens with zero attached hydrogens (tertiary/aromatic N) is 2. The molecule has 0 unspecified atom stereocenters. The number of halogens is 1. The molecule has 1 aromatic heterocycles. The van der Waals surface area contributed by atoms with Crippen molar-refractivity contribution >= 4 is 28.4 Å². The Kier molecular flexibility index (Phi) is 5.42. The molecule has 0 spiro atoms. The second-order valence-electron chi connectivity index (χ2n) is 8.23. The number of methoxy groups -OCH3 is 1.